The van der Waals surface area contributed by atoms with Crippen LogP contribution in [0.5, 0.6) is 0 Å². The van der Waals surface area contributed by atoms with E-state index in [1.807, 2.05) is 6.92 Å². The minimum absolute atomic E-state index is 0. The number of halogens is 1. The van der Waals surface area contributed by atoms with Crippen LogP contribution in [0.25, 0.3) is 0 Å². The Hall–Kier alpha value is -0.330. The van der Waals surface area contributed by atoms with Gasteiger partial charge in [-0.05, 0) is 38.6 Å². The first-order chi connectivity index (χ1) is 8.47. The van der Waals surface area contributed by atoms with Gasteiger partial charge in [0, 0.05) is 6.04 Å². The highest BCUT2D eigenvalue weighted by Gasteiger charge is 2.40. The van der Waals surface area contributed by atoms with Gasteiger partial charge in [-0.2, -0.15) is 0 Å². The molecule has 2 heterocycles. The zero-order chi connectivity index (χ0) is 13.2. The molecule has 112 valence electrons. The van der Waals surface area contributed by atoms with Crippen LogP contribution in [-0.4, -0.2) is 44.0 Å². The lowest BCUT2D eigenvalue weighted by Crippen LogP contribution is -2.57. The molecule has 2 aliphatic heterocycles. The van der Waals surface area contributed by atoms with E-state index < -0.39 is 15.4 Å². The van der Waals surface area contributed by atoms with E-state index in [0.717, 1.165) is 32.2 Å². The third-order valence-corrected chi connectivity index (χ3v) is 5.90. The number of sulfone groups is 1. The van der Waals surface area contributed by atoms with Gasteiger partial charge >= 0.3 is 0 Å². The van der Waals surface area contributed by atoms with Crippen molar-refractivity contribution < 1.29 is 13.2 Å². The molecule has 7 heteroatoms. The lowest BCUT2D eigenvalue weighted by molar-refractivity contribution is -0.127. The van der Waals surface area contributed by atoms with Gasteiger partial charge in [-0.15, -0.1) is 12.4 Å². The normalized spacial score (nSPS) is 33.4. The van der Waals surface area contributed by atoms with Gasteiger partial charge in [-0.25, -0.2) is 8.42 Å². The van der Waals surface area contributed by atoms with Crippen molar-refractivity contribution in [3.63, 3.8) is 0 Å². The minimum atomic E-state index is -2.96. The summed E-state index contributed by atoms with van der Waals surface area (Å²) in [7, 11) is -2.96. The molecule has 0 aromatic carbocycles. The number of carbonyl (C=O) groups is 1. The molecule has 5 nitrogen and oxygen atoms in total. The van der Waals surface area contributed by atoms with Crippen molar-refractivity contribution >= 4 is 28.2 Å². The highest BCUT2D eigenvalue weighted by molar-refractivity contribution is 7.91. The number of amides is 1. The molecule has 0 aromatic rings. The molecule has 0 radical (unpaired) electrons. The van der Waals surface area contributed by atoms with E-state index in [2.05, 4.69) is 10.6 Å². The molecule has 0 aliphatic carbocycles. The number of rotatable bonds is 3. The summed E-state index contributed by atoms with van der Waals surface area (Å²) in [5.74, 6) is 0.333. The van der Waals surface area contributed by atoms with Gasteiger partial charge in [0.15, 0.2) is 9.84 Å². The first kappa shape index (κ1) is 16.7. The summed E-state index contributed by atoms with van der Waals surface area (Å²) in [5, 5.41) is 6.20. The van der Waals surface area contributed by atoms with Gasteiger partial charge in [0.2, 0.25) is 5.91 Å². The van der Waals surface area contributed by atoms with Crippen LogP contribution in [0.15, 0.2) is 0 Å². The largest absolute Gasteiger partial charge is 0.351 e. The Morgan fingerprint density at radius 1 is 1.42 bits per heavy atom. The van der Waals surface area contributed by atoms with Gasteiger partial charge in [-0.1, -0.05) is 6.92 Å². The van der Waals surface area contributed by atoms with E-state index in [1.165, 1.54) is 0 Å². The van der Waals surface area contributed by atoms with Gasteiger partial charge in [-0.3, -0.25) is 4.79 Å². The number of hydrogen-bond donors (Lipinski definition) is 2. The van der Waals surface area contributed by atoms with Crippen LogP contribution >= 0.6 is 12.4 Å². The van der Waals surface area contributed by atoms with Crippen molar-refractivity contribution in [1.29, 1.82) is 0 Å². The van der Waals surface area contributed by atoms with E-state index >= 15 is 0 Å². The van der Waals surface area contributed by atoms with Crippen LogP contribution in [0.1, 0.15) is 39.0 Å². The molecule has 2 unspecified atom stereocenters. The highest BCUT2D eigenvalue weighted by atomic mass is 35.5. The van der Waals surface area contributed by atoms with Crippen molar-refractivity contribution in [2.45, 2.75) is 50.6 Å². The first-order valence-corrected chi connectivity index (χ1v) is 8.56. The van der Waals surface area contributed by atoms with Gasteiger partial charge in [0.1, 0.15) is 0 Å². The predicted octanol–water partition coefficient (Wildman–Crippen LogP) is 0.634. The van der Waals surface area contributed by atoms with E-state index in [0.29, 0.717) is 6.42 Å². The Balaban J connectivity index is 0.00000180. The van der Waals surface area contributed by atoms with E-state index in [9.17, 15) is 13.2 Å². The van der Waals surface area contributed by atoms with E-state index in [1.54, 1.807) is 0 Å². The maximum atomic E-state index is 12.3. The molecule has 2 aliphatic rings. The molecule has 2 fully saturated rings. The number of hydrogen-bond acceptors (Lipinski definition) is 4. The molecule has 19 heavy (non-hydrogen) atoms. The van der Waals surface area contributed by atoms with Crippen LogP contribution in [-0.2, 0) is 14.6 Å². The summed E-state index contributed by atoms with van der Waals surface area (Å²) in [5.41, 5.74) is -0.471. The first-order valence-electron chi connectivity index (χ1n) is 6.74. The van der Waals surface area contributed by atoms with E-state index in [-0.39, 0.29) is 35.9 Å². The van der Waals surface area contributed by atoms with Crippen molar-refractivity contribution in [2.24, 2.45) is 0 Å². The summed E-state index contributed by atoms with van der Waals surface area (Å²) >= 11 is 0. The maximum Gasteiger partial charge on any atom is 0.240 e. The van der Waals surface area contributed by atoms with Crippen LogP contribution in [0.2, 0.25) is 0 Å². The van der Waals surface area contributed by atoms with Crippen LogP contribution in [0.4, 0.5) is 0 Å². The van der Waals surface area contributed by atoms with Crippen LogP contribution < -0.4 is 10.6 Å². The Kier molecular flexibility index (Phi) is 5.65. The van der Waals surface area contributed by atoms with Crippen molar-refractivity contribution in [3.05, 3.63) is 0 Å². The summed E-state index contributed by atoms with van der Waals surface area (Å²) in [4.78, 5) is 12.3. The number of nitrogens with one attached hydrogen (secondary N) is 2. The summed E-state index contributed by atoms with van der Waals surface area (Å²) in [6, 6.07) is -0.206. The molecule has 0 spiro atoms. The molecular weight excluding hydrogens is 288 g/mol. The average molecular weight is 311 g/mol. The third kappa shape index (κ3) is 3.83. The quantitative estimate of drug-likeness (QED) is 0.802. The SMILES string of the molecule is CCC1(C(=O)NC2CCCS(=O)(=O)C2)CCCN1.Cl. The van der Waals surface area contributed by atoms with Gasteiger partial charge < -0.3 is 10.6 Å². The Labute approximate surface area is 121 Å². The zero-order valence-electron chi connectivity index (χ0n) is 11.3. The molecule has 0 saturated carbocycles. The Bertz CT molecular complexity index is 419. The second kappa shape index (κ2) is 6.41. The molecule has 1 amide bonds. The monoisotopic (exact) mass is 310 g/mol. The predicted molar refractivity (Wildman–Crippen MR) is 77.3 cm³/mol. The van der Waals surface area contributed by atoms with Crippen LogP contribution in [0.3, 0.4) is 0 Å². The lowest BCUT2D eigenvalue weighted by Gasteiger charge is -2.31. The molecule has 0 aromatic heterocycles. The van der Waals surface area contributed by atoms with Gasteiger partial charge in [0.25, 0.3) is 0 Å². The summed E-state index contributed by atoms with van der Waals surface area (Å²) in [6.07, 6.45) is 4.02. The van der Waals surface area contributed by atoms with Crippen molar-refractivity contribution in [1.82, 2.24) is 10.6 Å². The van der Waals surface area contributed by atoms with E-state index in [4.69, 9.17) is 0 Å². The fourth-order valence-electron chi connectivity index (χ4n) is 2.92. The second-order valence-electron chi connectivity index (χ2n) is 5.39. The Morgan fingerprint density at radius 3 is 2.68 bits per heavy atom. The fraction of sp³-hybridized carbons (Fsp3) is 0.917. The summed E-state index contributed by atoms with van der Waals surface area (Å²) < 4.78 is 23.1. The van der Waals surface area contributed by atoms with Gasteiger partial charge in [0.05, 0.1) is 17.0 Å². The zero-order valence-corrected chi connectivity index (χ0v) is 12.9. The molecule has 2 rings (SSSR count). The molecule has 2 atom stereocenters. The third-order valence-electron chi connectivity index (χ3n) is 4.08. The molecule has 0 bridgehead atoms. The maximum absolute atomic E-state index is 12.3. The fourth-order valence-corrected chi connectivity index (χ4v) is 4.56. The topological polar surface area (TPSA) is 75.3 Å². The molecular formula is C12H23ClN2O3S. The Morgan fingerprint density at radius 2 is 2.16 bits per heavy atom. The van der Waals surface area contributed by atoms with Crippen molar-refractivity contribution in [2.75, 3.05) is 18.1 Å². The average Bonchev–Trinajstić information content (AvgIpc) is 2.77. The molecule has 2 saturated heterocycles. The second-order valence-corrected chi connectivity index (χ2v) is 7.62. The van der Waals surface area contributed by atoms with Crippen LogP contribution in [0, 0.1) is 0 Å². The highest BCUT2D eigenvalue weighted by Crippen LogP contribution is 2.24. The molecule has 2 N–H and O–H groups in total. The van der Waals surface area contributed by atoms with Crippen molar-refractivity contribution in [3.8, 4) is 0 Å². The smallest absolute Gasteiger partial charge is 0.240 e. The lowest BCUT2D eigenvalue weighted by atomic mass is 9.92. The number of carbonyl (C=O) groups excluding carboxylic acids is 1. The summed E-state index contributed by atoms with van der Waals surface area (Å²) in [6.45, 7) is 2.86. The standard InChI is InChI=1S/C12H22N2O3S.ClH/c1-2-12(6-4-7-13-12)11(15)14-10-5-3-8-18(16,17)9-10;/h10,13H,2-9H2,1H3,(H,14,15);1H. The minimum Gasteiger partial charge on any atom is -0.351 e.